The molecule has 1 fully saturated rings. The van der Waals surface area contributed by atoms with Crippen molar-refractivity contribution < 1.29 is 18.8 Å². The SMILES string of the molecule is Cc1cccc(NC(=O)Cn2c3c(sc2=O)C(c2ccc(F)cc2)C2C(=O)N(c4ccc(Cl)cc4)C(=O)C2S3)c1. The third-order valence-electron chi connectivity index (χ3n) is 6.97. The lowest BCUT2D eigenvalue weighted by atomic mass is 9.83. The van der Waals surface area contributed by atoms with Crippen LogP contribution in [0.15, 0.2) is 82.6 Å². The highest BCUT2D eigenvalue weighted by molar-refractivity contribution is 8.00. The average molecular weight is 594 g/mol. The van der Waals surface area contributed by atoms with Gasteiger partial charge in [-0.15, -0.1) is 0 Å². The smallest absolute Gasteiger partial charge is 0.308 e. The molecule has 1 saturated heterocycles. The molecule has 2 aliphatic rings. The number of anilines is 2. The summed E-state index contributed by atoms with van der Waals surface area (Å²) in [5.74, 6) is -3.16. The fraction of sp³-hybridized carbons (Fsp3) is 0.172. The zero-order valence-corrected chi connectivity index (χ0v) is 23.4. The maximum absolute atomic E-state index is 13.8. The Morgan fingerprint density at radius 3 is 2.42 bits per heavy atom. The first-order valence-electron chi connectivity index (χ1n) is 12.4. The molecule has 0 aliphatic carbocycles. The van der Waals surface area contributed by atoms with Crippen LogP contribution in [0.3, 0.4) is 0 Å². The zero-order chi connectivity index (χ0) is 28.1. The summed E-state index contributed by atoms with van der Waals surface area (Å²) in [6.07, 6.45) is 0. The molecular formula is C29H21ClFN3O4S2. The molecule has 0 spiro atoms. The van der Waals surface area contributed by atoms with Gasteiger partial charge in [0.2, 0.25) is 17.7 Å². The first kappa shape index (κ1) is 26.5. The molecule has 3 unspecified atom stereocenters. The van der Waals surface area contributed by atoms with Crippen LogP contribution in [0.5, 0.6) is 0 Å². The largest absolute Gasteiger partial charge is 0.325 e. The van der Waals surface area contributed by atoms with Gasteiger partial charge in [0.15, 0.2) is 0 Å². The van der Waals surface area contributed by atoms with E-state index in [2.05, 4.69) is 5.32 Å². The number of nitrogens with zero attached hydrogens (tertiary/aromatic N) is 2. The average Bonchev–Trinajstić information content (AvgIpc) is 3.36. The minimum absolute atomic E-state index is 0.262. The normalized spacial score (nSPS) is 19.9. The van der Waals surface area contributed by atoms with E-state index in [1.54, 1.807) is 42.5 Å². The third kappa shape index (κ3) is 4.66. The first-order valence-corrected chi connectivity index (χ1v) is 14.4. The molecule has 1 aromatic heterocycles. The van der Waals surface area contributed by atoms with Crippen molar-refractivity contribution in [2.45, 2.75) is 29.7 Å². The number of hydrogen-bond donors (Lipinski definition) is 1. The van der Waals surface area contributed by atoms with Gasteiger partial charge in [0.1, 0.15) is 17.6 Å². The van der Waals surface area contributed by atoms with Crippen molar-refractivity contribution in [1.82, 2.24) is 4.57 Å². The fourth-order valence-electron chi connectivity index (χ4n) is 5.20. The summed E-state index contributed by atoms with van der Waals surface area (Å²) < 4.78 is 15.2. The lowest BCUT2D eigenvalue weighted by molar-refractivity contribution is -0.122. The van der Waals surface area contributed by atoms with E-state index in [1.807, 2.05) is 25.1 Å². The Balaban J connectivity index is 1.41. The van der Waals surface area contributed by atoms with Gasteiger partial charge in [-0.05, 0) is 66.6 Å². The van der Waals surface area contributed by atoms with Crippen LogP contribution in [0.1, 0.15) is 21.9 Å². The van der Waals surface area contributed by atoms with Gasteiger partial charge in [-0.2, -0.15) is 0 Å². The molecule has 202 valence electrons. The van der Waals surface area contributed by atoms with Gasteiger partial charge < -0.3 is 5.32 Å². The monoisotopic (exact) mass is 593 g/mol. The molecule has 11 heteroatoms. The summed E-state index contributed by atoms with van der Waals surface area (Å²) in [6.45, 7) is 1.65. The van der Waals surface area contributed by atoms with E-state index in [0.29, 0.717) is 31.9 Å². The number of thioether (sulfide) groups is 1. The summed E-state index contributed by atoms with van der Waals surface area (Å²) in [6, 6.07) is 19.4. The van der Waals surface area contributed by atoms with E-state index < -0.39 is 40.6 Å². The summed E-state index contributed by atoms with van der Waals surface area (Å²) in [5.41, 5.74) is 2.58. The topological polar surface area (TPSA) is 88.5 Å². The van der Waals surface area contributed by atoms with Crippen LogP contribution >= 0.6 is 34.7 Å². The standard InChI is InChI=1S/C29H21ClFN3O4S2/c1-15-3-2-4-19(13-15)32-21(35)14-33-28-25(40-29(33)38)22(16-5-9-18(31)10-6-16)23-24(39-28)27(37)34(26(23)36)20-11-7-17(30)8-12-20/h2-13,22-24H,14H2,1H3,(H,32,35). The summed E-state index contributed by atoms with van der Waals surface area (Å²) >= 11 is 8.08. The van der Waals surface area contributed by atoms with Gasteiger partial charge in [-0.3, -0.25) is 23.7 Å². The Morgan fingerprint density at radius 2 is 1.73 bits per heavy atom. The van der Waals surface area contributed by atoms with E-state index in [9.17, 15) is 23.6 Å². The number of nitrogens with one attached hydrogen (secondary N) is 1. The summed E-state index contributed by atoms with van der Waals surface area (Å²) in [5, 5.41) is 2.90. The van der Waals surface area contributed by atoms with Crippen molar-refractivity contribution >= 4 is 63.8 Å². The maximum Gasteiger partial charge on any atom is 0.308 e. The number of fused-ring (bicyclic) bond motifs is 2. The van der Waals surface area contributed by atoms with Crippen molar-refractivity contribution in [2.24, 2.45) is 5.92 Å². The highest BCUT2D eigenvalue weighted by Gasteiger charge is 2.56. The number of amides is 3. The fourth-order valence-corrected chi connectivity index (χ4v) is 8.10. The lowest BCUT2D eigenvalue weighted by Crippen LogP contribution is -2.33. The van der Waals surface area contributed by atoms with Crippen LogP contribution in [-0.4, -0.2) is 27.5 Å². The first-order chi connectivity index (χ1) is 19.2. The van der Waals surface area contributed by atoms with Crippen LogP contribution < -0.4 is 15.1 Å². The highest BCUT2D eigenvalue weighted by atomic mass is 35.5. The van der Waals surface area contributed by atoms with Crippen molar-refractivity contribution in [1.29, 1.82) is 0 Å². The number of rotatable bonds is 5. The summed E-state index contributed by atoms with van der Waals surface area (Å²) in [4.78, 5) is 55.1. The second-order valence-electron chi connectivity index (χ2n) is 9.62. The number of benzene rings is 3. The zero-order valence-electron chi connectivity index (χ0n) is 21.0. The molecule has 7 nitrogen and oxygen atoms in total. The molecule has 3 amide bonds. The Kier molecular flexibility index (Phi) is 6.85. The number of thiazole rings is 1. The second kappa shape index (κ2) is 10.3. The van der Waals surface area contributed by atoms with Gasteiger partial charge in [0, 0.05) is 21.5 Å². The number of aromatic nitrogens is 1. The number of hydrogen-bond acceptors (Lipinski definition) is 6. The molecule has 4 aromatic rings. The molecule has 0 saturated carbocycles. The van der Waals surface area contributed by atoms with E-state index >= 15 is 0 Å². The second-order valence-corrected chi connectivity index (χ2v) is 12.2. The Hall–Kier alpha value is -3.73. The molecule has 6 rings (SSSR count). The molecule has 0 radical (unpaired) electrons. The molecule has 3 aromatic carbocycles. The van der Waals surface area contributed by atoms with E-state index in [-0.39, 0.29) is 11.4 Å². The van der Waals surface area contributed by atoms with Gasteiger partial charge >= 0.3 is 4.87 Å². The van der Waals surface area contributed by atoms with Crippen molar-refractivity contribution in [3.63, 3.8) is 0 Å². The lowest BCUT2D eigenvalue weighted by Gasteiger charge is -2.30. The Bertz CT molecular complexity index is 1720. The molecule has 1 N–H and O–H groups in total. The van der Waals surface area contributed by atoms with Gasteiger partial charge in [-0.1, -0.05) is 59.0 Å². The molecule has 3 heterocycles. The molecule has 3 atom stereocenters. The van der Waals surface area contributed by atoms with Crippen molar-refractivity contribution in [3.05, 3.63) is 109 Å². The predicted octanol–water partition coefficient (Wildman–Crippen LogP) is 5.45. The van der Waals surface area contributed by atoms with Crippen molar-refractivity contribution in [3.8, 4) is 0 Å². The number of aryl methyl sites for hydroxylation is 1. The van der Waals surface area contributed by atoms with Crippen molar-refractivity contribution in [2.75, 3.05) is 10.2 Å². The predicted molar refractivity (Wildman–Crippen MR) is 154 cm³/mol. The summed E-state index contributed by atoms with van der Waals surface area (Å²) in [7, 11) is 0. The maximum atomic E-state index is 13.8. The van der Waals surface area contributed by atoms with E-state index in [1.165, 1.54) is 16.7 Å². The number of carbonyl (C=O) groups is 3. The molecule has 40 heavy (non-hydrogen) atoms. The van der Waals surface area contributed by atoms with Crippen LogP contribution in [0.25, 0.3) is 0 Å². The van der Waals surface area contributed by atoms with Gasteiger partial charge in [-0.25, -0.2) is 9.29 Å². The molecular weight excluding hydrogens is 573 g/mol. The Labute approximate surface area is 241 Å². The molecule has 2 aliphatic heterocycles. The Morgan fingerprint density at radius 1 is 1.00 bits per heavy atom. The van der Waals surface area contributed by atoms with Gasteiger partial charge in [0.05, 0.1) is 16.6 Å². The third-order valence-corrected chi connectivity index (χ3v) is 9.82. The van der Waals surface area contributed by atoms with Crippen LogP contribution in [0.2, 0.25) is 5.02 Å². The van der Waals surface area contributed by atoms with E-state index in [0.717, 1.165) is 33.6 Å². The number of imide groups is 1. The highest BCUT2D eigenvalue weighted by Crippen LogP contribution is 2.53. The van der Waals surface area contributed by atoms with Crippen LogP contribution in [0, 0.1) is 18.7 Å². The quantitative estimate of drug-likeness (QED) is 0.311. The van der Waals surface area contributed by atoms with Crippen LogP contribution in [0.4, 0.5) is 15.8 Å². The van der Waals surface area contributed by atoms with Crippen LogP contribution in [-0.2, 0) is 20.9 Å². The number of carbonyl (C=O) groups excluding carboxylic acids is 3. The minimum Gasteiger partial charge on any atom is -0.325 e. The van der Waals surface area contributed by atoms with Gasteiger partial charge in [0.25, 0.3) is 0 Å². The molecule has 0 bridgehead atoms. The minimum atomic E-state index is -0.842. The van der Waals surface area contributed by atoms with E-state index in [4.69, 9.17) is 11.6 Å². The number of halogens is 2.